The van der Waals surface area contributed by atoms with Crippen molar-refractivity contribution in [2.24, 2.45) is 0 Å². The molecule has 25 heavy (non-hydrogen) atoms. The molecule has 1 aliphatic rings. The highest BCUT2D eigenvalue weighted by Gasteiger charge is 2.18. The van der Waals surface area contributed by atoms with Crippen LogP contribution in [0.15, 0.2) is 42.5 Å². The second kappa shape index (κ2) is 7.53. The maximum atomic E-state index is 12.2. The first kappa shape index (κ1) is 17.2. The number of para-hydroxylation sites is 1. The van der Waals surface area contributed by atoms with Crippen LogP contribution in [0.5, 0.6) is 0 Å². The van der Waals surface area contributed by atoms with Crippen LogP contribution in [0.4, 0.5) is 11.4 Å². The normalized spacial score (nSPS) is 12.8. The summed E-state index contributed by atoms with van der Waals surface area (Å²) in [6, 6.07) is 12.2. The highest BCUT2D eigenvalue weighted by Crippen LogP contribution is 2.27. The Bertz CT molecular complexity index is 810. The summed E-state index contributed by atoms with van der Waals surface area (Å²) in [4.78, 5) is 24.6. The fourth-order valence-corrected chi connectivity index (χ4v) is 3.27. The summed E-state index contributed by atoms with van der Waals surface area (Å²) in [7, 11) is 0. The number of nitro benzene ring substituents is 1. The number of halogens is 1. The van der Waals surface area contributed by atoms with Crippen molar-refractivity contribution >= 4 is 28.9 Å². The number of nitrogens with one attached hydrogen (secondary N) is 1. The van der Waals surface area contributed by atoms with Crippen LogP contribution < -0.4 is 10.2 Å². The molecule has 2 aromatic carbocycles. The molecule has 0 aliphatic carbocycles. The van der Waals surface area contributed by atoms with Crippen LogP contribution in [0.3, 0.4) is 0 Å². The van der Waals surface area contributed by atoms with Gasteiger partial charge in [-0.25, -0.2) is 0 Å². The minimum Gasteiger partial charge on any atom is -0.371 e. The highest BCUT2D eigenvalue weighted by atomic mass is 35.5. The monoisotopic (exact) mass is 359 g/mol. The molecular weight excluding hydrogens is 342 g/mol. The summed E-state index contributed by atoms with van der Waals surface area (Å²) in [5.41, 5.74) is 2.75. The predicted octanol–water partition coefficient (Wildman–Crippen LogP) is 3.43. The third kappa shape index (κ3) is 3.91. The molecular formula is C18H18ClN3O3. The molecule has 1 amide bonds. The van der Waals surface area contributed by atoms with Gasteiger partial charge in [0.15, 0.2) is 0 Å². The fraction of sp³-hybridized carbons (Fsp3) is 0.278. The molecule has 0 saturated heterocycles. The Morgan fingerprint density at radius 2 is 2.08 bits per heavy atom. The molecule has 6 nitrogen and oxygen atoms in total. The zero-order chi connectivity index (χ0) is 17.8. The molecule has 0 saturated carbocycles. The Balaban J connectivity index is 1.50. The van der Waals surface area contributed by atoms with Crippen LogP contribution >= 0.6 is 11.6 Å². The van der Waals surface area contributed by atoms with Crippen LogP contribution in [0.1, 0.15) is 22.3 Å². The summed E-state index contributed by atoms with van der Waals surface area (Å²) < 4.78 is 0. The molecule has 0 fully saturated rings. The van der Waals surface area contributed by atoms with E-state index in [1.54, 1.807) is 0 Å². The summed E-state index contributed by atoms with van der Waals surface area (Å²) in [5.74, 6) is -0.318. The van der Waals surface area contributed by atoms with Gasteiger partial charge in [-0.3, -0.25) is 14.9 Å². The molecule has 130 valence electrons. The molecule has 0 bridgehead atoms. The molecule has 0 aromatic heterocycles. The van der Waals surface area contributed by atoms with Crippen molar-refractivity contribution in [1.29, 1.82) is 0 Å². The summed E-state index contributed by atoms with van der Waals surface area (Å²) >= 11 is 5.97. The number of carbonyl (C=O) groups is 1. The van der Waals surface area contributed by atoms with Gasteiger partial charge in [0.2, 0.25) is 0 Å². The van der Waals surface area contributed by atoms with Crippen molar-refractivity contribution in [1.82, 2.24) is 5.32 Å². The van der Waals surface area contributed by atoms with Crippen molar-refractivity contribution in [2.75, 3.05) is 24.5 Å². The largest absolute Gasteiger partial charge is 0.371 e. The quantitative estimate of drug-likeness (QED) is 0.487. The minimum absolute atomic E-state index is 0.0835. The van der Waals surface area contributed by atoms with Gasteiger partial charge in [0, 0.05) is 37.5 Å². The first-order valence-electron chi connectivity index (χ1n) is 8.11. The third-order valence-corrected chi connectivity index (χ3v) is 4.59. The third-order valence-electron chi connectivity index (χ3n) is 4.28. The number of hydrogen-bond acceptors (Lipinski definition) is 4. The number of non-ortho nitro benzene ring substituents is 1. The van der Waals surface area contributed by atoms with E-state index in [2.05, 4.69) is 28.4 Å². The van der Waals surface area contributed by atoms with Crippen molar-refractivity contribution < 1.29 is 9.72 Å². The lowest BCUT2D eigenvalue weighted by atomic mass is 10.2. The minimum atomic E-state index is -0.540. The molecule has 1 N–H and O–H groups in total. The Hall–Kier alpha value is -2.60. The van der Waals surface area contributed by atoms with Gasteiger partial charge in [0.25, 0.3) is 11.6 Å². The first-order chi connectivity index (χ1) is 12.1. The standard InChI is InChI=1S/C18H18ClN3O3/c19-16-12-14(22(24)25)6-7-15(16)18(23)20-9-3-10-21-11-8-13-4-1-2-5-17(13)21/h1-2,4-7,12H,3,8-11H2,(H,20,23). The van der Waals surface area contributed by atoms with Crippen LogP contribution in [0.2, 0.25) is 5.02 Å². The number of anilines is 1. The van der Waals surface area contributed by atoms with E-state index in [1.165, 1.54) is 29.4 Å². The summed E-state index contributed by atoms with van der Waals surface area (Å²) in [6.07, 6.45) is 1.87. The van der Waals surface area contributed by atoms with E-state index in [0.29, 0.717) is 6.54 Å². The van der Waals surface area contributed by atoms with Gasteiger partial charge in [0.1, 0.15) is 0 Å². The maximum Gasteiger partial charge on any atom is 0.270 e. The van der Waals surface area contributed by atoms with E-state index in [4.69, 9.17) is 11.6 Å². The molecule has 0 spiro atoms. The fourth-order valence-electron chi connectivity index (χ4n) is 3.01. The van der Waals surface area contributed by atoms with Gasteiger partial charge in [-0.05, 0) is 30.5 Å². The average molecular weight is 360 g/mol. The van der Waals surface area contributed by atoms with E-state index in [0.717, 1.165) is 25.9 Å². The first-order valence-corrected chi connectivity index (χ1v) is 8.49. The Kier molecular flexibility index (Phi) is 5.19. The van der Waals surface area contributed by atoms with E-state index in [1.807, 2.05) is 6.07 Å². The second-order valence-electron chi connectivity index (χ2n) is 5.90. The Morgan fingerprint density at radius 1 is 1.28 bits per heavy atom. The zero-order valence-corrected chi connectivity index (χ0v) is 14.3. The van der Waals surface area contributed by atoms with Crippen molar-refractivity contribution in [3.63, 3.8) is 0 Å². The van der Waals surface area contributed by atoms with Gasteiger partial charge in [-0.15, -0.1) is 0 Å². The van der Waals surface area contributed by atoms with Gasteiger partial charge in [0.05, 0.1) is 15.5 Å². The van der Waals surface area contributed by atoms with Gasteiger partial charge >= 0.3 is 0 Å². The number of carbonyl (C=O) groups excluding carboxylic acids is 1. The SMILES string of the molecule is O=C(NCCCN1CCc2ccccc21)c1ccc([N+](=O)[O-])cc1Cl. The number of fused-ring (bicyclic) bond motifs is 1. The molecule has 0 unspecified atom stereocenters. The van der Waals surface area contributed by atoms with Crippen LogP contribution in [0, 0.1) is 10.1 Å². The smallest absolute Gasteiger partial charge is 0.270 e. The number of nitro groups is 1. The van der Waals surface area contributed by atoms with E-state index in [-0.39, 0.29) is 22.2 Å². The number of nitrogens with zero attached hydrogens (tertiary/aromatic N) is 2. The lowest BCUT2D eigenvalue weighted by Crippen LogP contribution is -2.29. The Labute approximate surface area is 150 Å². The van der Waals surface area contributed by atoms with Gasteiger partial charge in [-0.1, -0.05) is 29.8 Å². The molecule has 0 radical (unpaired) electrons. The second-order valence-corrected chi connectivity index (χ2v) is 6.30. The van der Waals surface area contributed by atoms with Crippen molar-refractivity contribution in [3.8, 4) is 0 Å². The van der Waals surface area contributed by atoms with Crippen molar-refractivity contribution in [2.45, 2.75) is 12.8 Å². The molecule has 7 heteroatoms. The Morgan fingerprint density at radius 3 is 2.84 bits per heavy atom. The summed E-state index contributed by atoms with van der Waals surface area (Å²) in [6.45, 7) is 2.39. The van der Waals surface area contributed by atoms with E-state index in [9.17, 15) is 14.9 Å². The predicted molar refractivity (Wildman–Crippen MR) is 97.4 cm³/mol. The molecule has 3 rings (SSSR count). The molecule has 1 heterocycles. The van der Waals surface area contributed by atoms with Gasteiger partial charge < -0.3 is 10.2 Å². The average Bonchev–Trinajstić information content (AvgIpc) is 3.01. The zero-order valence-electron chi connectivity index (χ0n) is 13.6. The highest BCUT2D eigenvalue weighted by molar-refractivity contribution is 6.34. The van der Waals surface area contributed by atoms with Crippen molar-refractivity contribution in [3.05, 3.63) is 68.7 Å². The van der Waals surface area contributed by atoms with E-state index < -0.39 is 4.92 Å². The molecule has 1 aliphatic heterocycles. The topological polar surface area (TPSA) is 75.5 Å². The summed E-state index contributed by atoms with van der Waals surface area (Å²) in [5, 5.41) is 13.6. The van der Waals surface area contributed by atoms with Crippen LogP contribution in [-0.2, 0) is 6.42 Å². The lowest BCUT2D eigenvalue weighted by Gasteiger charge is -2.19. The van der Waals surface area contributed by atoms with Gasteiger partial charge in [-0.2, -0.15) is 0 Å². The lowest BCUT2D eigenvalue weighted by molar-refractivity contribution is -0.384. The van der Waals surface area contributed by atoms with E-state index >= 15 is 0 Å². The maximum absolute atomic E-state index is 12.2. The number of hydrogen-bond donors (Lipinski definition) is 1. The van der Waals surface area contributed by atoms with Crippen LogP contribution in [0.25, 0.3) is 0 Å². The van der Waals surface area contributed by atoms with Crippen LogP contribution in [-0.4, -0.2) is 30.5 Å². The number of benzene rings is 2. The number of amides is 1. The number of rotatable bonds is 6. The molecule has 2 aromatic rings. The molecule has 0 atom stereocenters.